The molecule has 0 fully saturated rings. The lowest BCUT2D eigenvalue weighted by Gasteiger charge is -2.22. The maximum Gasteiger partial charge on any atom is 0.129 e. The Morgan fingerprint density at radius 2 is 2.12 bits per heavy atom. The molecule has 1 aromatic rings. The van der Waals surface area contributed by atoms with Crippen molar-refractivity contribution in [2.75, 3.05) is 11.9 Å². The molecule has 0 aromatic carbocycles. The molecule has 4 heteroatoms. The smallest absolute Gasteiger partial charge is 0.129 e. The number of hydrogen-bond acceptors (Lipinski definition) is 4. The normalized spacial score (nSPS) is 12.8. The van der Waals surface area contributed by atoms with Crippen molar-refractivity contribution in [1.82, 2.24) is 9.97 Å². The number of anilines is 1. The van der Waals surface area contributed by atoms with Gasteiger partial charge in [0.2, 0.25) is 0 Å². The summed E-state index contributed by atoms with van der Waals surface area (Å²) in [5, 5.41) is 3.45. The molecule has 0 aliphatic rings. The van der Waals surface area contributed by atoms with Crippen LogP contribution in [0.15, 0.2) is 12.4 Å². The van der Waals surface area contributed by atoms with Gasteiger partial charge in [0.15, 0.2) is 0 Å². The van der Waals surface area contributed by atoms with Gasteiger partial charge in [0, 0.05) is 17.8 Å². The van der Waals surface area contributed by atoms with Gasteiger partial charge in [0.25, 0.3) is 0 Å². The van der Waals surface area contributed by atoms with E-state index in [1.165, 1.54) is 0 Å². The maximum atomic E-state index is 5.63. The Labute approximate surface area is 104 Å². The van der Waals surface area contributed by atoms with Gasteiger partial charge in [-0.25, -0.2) is 9.97 Å². The first-order valence-electron chi connectivity index (χ1n) is 6.44. The van der Waals surface area contributed by atoms with Crippen molar-refractivity contribution in [2.45, 2.75) is 46.1 Å². The first-order valence-corrected chi connectivity index (χ1v) is 6.44. The lowest BCUT2D eigenvalue weighted by Crippen LogP contribution is -2.28. The van der Waals surface area contributed by atoms with Crippen LogP contribution in [0.3, 0.4) is 0 Å². The summed E-state index contributed by atoms with van der Waals surface area (Å²) in [4.78, 5) is 8.51. The Kier molecular flexibility index (Phi) is 5.91. The highest BCUT2D eigenvalue weighted by molar-refractivity contribution is 5.36. The van der Waals surface area contributed by atoms with Gasteiger partial charge in [-0.15, -0.1) is 0 Å². The van der Waals surface area contributed by atoms with E-state index in [0.29, 0.717) is 18.5 Å². The molecule has 1 atom stereocenters. The van der Waals surface area contributed by atoms with Gasteiger partial charge in [-0.1, -0.05) is 27.2 Å². The average Bonchev–Trinajstić information content (AvgIpc) is 2.29. The van der Waals surface area contributed by atoms with Crippen molar-refractivity contribution in [3.63, 3.8) is 0 Å². The fourth-order valence-electron chi connectivity index (χ4n) is 1.81. The summed E-state index contributed by atoms with van der Waals surface area (Å²) in [6.07, 6.45) is 4.70. The van der Waals surface area contributed by atoms with Gasteiger partial charge in [0.05, 0.1) is 0 Å². The van der Waals surface area contributed by atoms with Crippen LogP contribution in [-0.4, -0.2) is 22.6 Å². The number of nitrogens with one attached hydrogen (secondary N) is 1. The lowest BCUT2D eigenvalue weighted by molar-refractivity contribution is 0.497. The van der Waals surface area contributed by atoms with Crippen LogP contribution in [0.5, 0.6) is 0 Å². The third-order valence-electron chi connectivity index (χ3n) is 2.85. The average molecular weight is 236 g/mol. The van der Waals surface area contributed by atoms with Gasteiger partial charge < -0.3 is 11.1 Å². The molecule has 0 bridgehead atoms. The van der Waals surface area contributed by atoms with Crippen molar-refractivity contribution in [1.29, 1.82) is 0 Å². The van der Waals surface area contributed by atoms with E-state index >= 15 is 0 Å². The second-order valence-electron chi connectivity index (χ2n) is 4.72. The van der Waals surface area contributed by atoms with Crippen LogP contribution in [0, 0.1) is 5.92 Å². The van der Waals surface area contributed by atoms with E-state index in [9.17, 15) is 0 Å². The molecule has 0 saturated carbocycles. The molecule has 3 N–H and O–H groups in total. The van der Waals surface area contributed by atoms with Crippen molar-refractivity contribution in [2.24, 2.45) is 11.7 Å². The number of aromatic nitrogens is 2. The van der Waals surface area contributed by atoms with Crippen LogP contribution in [0.2, 0.25) is 0 Å². The summed E-state index contributed by atoms with van der Waals surface area (Å²) in [7, 11) is 0. The van der Waals surface area contributed by atoms with Gasteiger partial charge in [0.1, 0.15) is 12.1 Å². The highest BCUT2D eigenvalue weighted by Crippen LogP contribution is 2.13. The topological polar surface area (TPSA) is 63.8 Å². The minimum absolute atomic E-state index is 0.379. The van der Waals surface area contributed by atoms with Crippen molar-refractivity contribution in [3.05, 3.63) is 18.1 Å². The maximum absolute atomic E-state index is 5.63. The quantitative estimate of drug-likeness (QED) is 0.762. The number of hydrogen-bond donors (Lipinski definition) is 2. The first kappa shape index (κ1) is 13.9. The monoisotopic (exact) mass is 236 g/mol. The van der Waals surface area contributed by atoms with E-state index in [-0.39, 0.29) is 0 Å². The summed E-state index contributed by atoms with van der Waals surface area (Å²) >= 11 is 0. The summed E-state index contributed by atoms with van der Waals surface area (Å²) < 4.78 is 0. The first-order chi connectivity index (χ1) is 8.17. The van der Waals surface area contributed by atoms with Crippen LogP contribution < -0.4 is 11.1 Å². The molecule has 1 rings (SSSR count). The molecule has 1 unspecified atom stereocenters. The Balaban J connectivity index is 2.68. The summed E-state index contributed by atoms with van der Waals surface area (Å²) in [5.41, 5.74) is 6.72. The molecular weight excluding hydrogens is 212 g/mol. The molecule has 0 saturated heterocycles. The molecule has 0 spiro atoms. The number of nitrogens with two attached hydrogens (primary N) is 1. The predicted octanol–water partition coefficient (Wildman–Crippen LogP) is 2.21. The zero-order valence-electron chi connectivity index (χ0n) is 11.1. The molecule has 0 aliphatic carbocycles. The van der Waals surface area contributed by atoms with E-state index in [0.717, 1.165) is 30.8 Å². The van der Waals surface area contributed by atoms with Gasteiger partial charge in [-0.2, -0.15) is 0 Å². The predicted molar refractivity (Wildman–Crippen MR) is 71.9 cm³/mol. The molecule has 4 nitrogen and oxygen atoms in total. The molecule has 0 amide bonds. The zero-order valence-corrected chi connectivity index (χ0v) is 11.1. The van der Waals surface area contributed by atoms with E-state index in [1.807, 2.05) is 6.07 Å². The standard InChI is InChI=1S/C13H24N4/c1-4-5-11-8-13(16-9-15-11)17-12(6-7-14)10(2)3/h8-10,12H,4-7,14H2,1-3H3,(H,15,16,17). The Hall–Kier alpha value is -1.16. The lowest BCUT2D eigenvalue weighted by atomic mass is 10.0. The molecule has 1 heterocycles. The fraction of sp³-hybridized carbons (Fsp3) is 0.692. The molecule has 17 heavy (non-hydrogen) atoms. The zero-order chi connectivity index (χ0) is 12.7. The van der Waals surface area contributed by atoms with Gasteiger partial charge in [-0.05, 0) is 25.3 Å². The fourth-order valence-corrected chi connectivity index (χ4v) is 1.81. The third-order valence-corrected chi connectivity index (χ3v) is 2.85. The molecule has 1 aromatic heterocycles. The summed E-state index contributed by atoms with van der Waals surface area (Å²) in [6, 6.07) is 2.42. The highest BCUT2D eigenvalue weighted by Gasteiger charge is 2.12. The summed E-state index contributed by atoms with van der Waals surface area (Å²) in [5.74, 6) is 1.46. The molecular formula is C13H24N4. The minimum atomic E-state index is 0.379. The second-order valence-corrected chi connectivity index (χ2v) is 4.72. The van der Waals surface area contributed by atoms with Crippen molar-refractivity contribution < 1.29 is 0 Å². The molecule has 0 aliphatic heterocycles. The minimum Gasteiger partial charge on any atom is -0.367 e. The largest absolute Gasteiger partial charge is 0.367 e. The third kappa shape index (κ3) is 4.69. The van der Waals surface area contributed by atoms with E-state index < -0.39 is 0 Å². The Morgan fingerprint density at radius 1 is 1.35 bits per heavy atom. The Morgan fingerprint density at radius 3 is 2.71 bits per heavy atom. The van der Waals surface area contributed by atoms with Gasteiger partial charge >= 0.3 is 0 Å². The van der Waals surface area contributed by atoms with Crippen LogP contribution in [-0.2, 0) is 6.42 Å². The summed E-state index contributed by atoms with van der Waals surface area (Å²) in [6.45, 7) is 7.24. The van der Waals surface area contributed by atoms with E-state index in [1.54, 1.807) is 6.33 Å². The second kappa shape index (κ2) is 7.22. The number of rotatable bonds is 7. The van der Waals surface area contributed by atoms with Crippen LogP contribution in [0.25, 0.3) is 0 Å². The number of aryl methyl sites for hydroxylation is 1. The SMILES string of the molecule is CCCc1cc(NC(CCN)C(C)C)ncn1. The van der Waals surface area contributed by atoms with Gasteiger partial charge in [-0.3, -0.25) is 0 Å². The molecule has 0 radical (unpaired) electrons. The van der Waals surface area contributed by atoms with Crippen LogP contribution >= 0.6 is 0 Å². The molecule has 96 valence electrons. The van der Waals surface area contributed by atoms with Crippen LogP contribution in [0.4, 0.5) is 5.82 Å². The van der Waals surface area contributed by atoms with E-state index in [4.69, 9.17) is 5.73 Å². The van der Waals surface area contributed by atoms with Crippen molar-refractivity contribution in [3.8, 4) is 0 Å². The van der Waals surface area contributed by atoms with Crippen molar-refractivity contribution >= 4 is 5.82 Å². The van der Waals surface area contributed by atoms with E-state index in [2.05, 4.69) is 36.1 Å². The highest BCUT2D eigenvalue weighted by atomic mass is 15.0. The number of nitrogens with zero attached hydrogens (tertiary/aromatic N) is 2. The van der Waals surface area contributed by atoms with Crippen LogP contribution in [0.1, 0.15) is 39.3 Å². The Bertz CT molecular complexity index is 325.